The van der Waals surface area contributed by atoms with E-state index in [9.17, 15) is 0 Å². The largest absolute Gasteiger partial charge is 0.373 e. The molecule has 0 N–H and O–H groups in total. The summed E-state index contributed by atoms with van der Waals surface area (Å²) in [6, 6.07) is 9.94. The number of pyridine rings is 1. The second-order valence-electron chi connectivity index (χ2n) is 8.62. The maximum absolute atomic E-state index is 8.12. The Hall–Kier alpha value is -2.48. The van der Waals surface area contributed by atoms with Crippen molar-refractivity contribution < 1.29 is 9.59 Å². The average Bonchev–Trinajstić information content (AvgIpc) is 3.38. The van der Waals surface area contributed by atoms with Crippen molar-refractivity contribution in [2.75, 3.05) is 0 Å². The molecule has 1 unspecified atom stereocenters. The molecule has 0 saturated carbocycles. The van der Waals surface area contributed by atoms with Crippen molar-refractivity contribution in [1.82, 2.24) is 19.7 Å². The predicted molar refractivity (Wildman–Crippen MR) is 151 cm³/mol. The smallest absolute Gasteiger partial charge is 0.258 e. The minimum atomic E-state index is 0.250. The standard InChI is InChI=1S/C26H28Cl2N4S2.CO2/c1-7-15(3)33-25-24(20-10-11-22(27)23(28)13-20)30-26(34-25)32-18(6)21(17(5)31-32)12-19-9-8-14(2)29-16(19)4;2-1-3/h8-11,13,15H,7,12H2,1-6H3;. The molecule has 37 heavy (non-hydrogen) atoms. The second kappa shape index (κ2) is 12.9. The number of aromatic nitrogens is 4. The van der Waals surface area contributed by atoms with Crippen LogP contribution >= 0.6 is 46.3 Å². The van der Waals surface area contributed by atoms with E-state index in [-0.39, 0.29) is 6.15 Å². The first kappa shape index (κ1) is 29.1. The van der Waals surface area contributed by atoms with Crippen molar-refractivity contribution in [3.63, 3.8) is 0 Å². The average molecular weight is 576 g/mol. The van der Waals surface area contributed by atoms with E-state index < -0.39 is 0 Å². The number of thioether (sulfide) groups is 1. The summed E-state index contributed by atoms with van der Waals surface area (Å²) in [5.74, 6) is 0. The fourth-order valence-electron chi connectivity index (χ4n) is 3.77. The molecular weight excluding hydrogens is 547 g/mol. The molecular formula is C27H28Cl2N4O2S2. The van der Waals surface area contributed by atoms with Crippen molar-refractivity contribution in [1.29, 1.82) is 0 Å². The fraction of sp³-hybridized carbons (Fsp3) is 0.333. The quantitative estimate of drug-likeness (QED) is 0.209. The van der Waals surface area contributed by atoms with Gasteiger partial charge in [-0.05, 0) is 57.9 Å². The molecule has 0 spiro atoms. The van der Waals surface area contributed by atoms with Crippen LogP contribution in [0.4, 0.5) is 0 Å². The van der Waals surface area contributed by atoms with Crippen LogP contribution in [0.3, 0.4) is 0 Å². The third kappa shape index (κ3) is 6.89. The summed E-state index contributed by atoms with van der Waals surface area (Å²) in [4.78, 5) is 25.9. The van der Waals surface area contributed by atoms with Crippen molar-refractivity contribution in [2.45, 2.75) is 63.8 Å². The van der Waals surface area contributed by atoms with Crippen molar-refractivity contribution >= 4 is 52.5 Å². The van der Waals surface area contributed by atoms with Gasteiger partial charge >= 0.3 is 6.15 Å². The first-order chi connectivity index (χ1) is 17.6. The van der Waals surface area contributed by atoms with Gasteiger partial charge < -0.3 is 0 Å². The van der Waals surface area contributed by atoms with Crippen LogP contribution < -0.4 is 0 Å². The van der Waals surface area contributed by atoms with E-state index in [2.05, 4.69) is 51.7 Å². The van der Waals surface area contributed by atoms with Crippen LogP contribution in [0.5, 0.6) is 0 Å². The van der Waals surface area contributed by atoms with Crippen molar-refractivity contribution in [3.05, 3.63) is 74.3 Å². The molecule has 0 saturated heterocycles. The van der Waals surface area contributed by atoms with Gasteiger partial charge in [0, 0.05) is 39.9 Å². The van der Waals surface area contributed by atoms with Crippen LogP contribution in [0.2, 0.25) is 10.0 Å². The third-order valence-corrected chi connectivity index (χ3v) is 9.23. The number of halogens is 2. The zero-order chi connectivity index (χ0) is 27.3. The van der Waals surface area contributed by atoms with Gasteiger partial charge in [-0.1, -0.05) is 60.5 Å². The van der Waals surface area contributed by atoms with Gasteiger partial charge in [-0.2, -0.15) is 14.7 Å². The van der Waals surface area contributed by atoms with Crippen molar-refractivity contribution in [3.8, 4) is 16.4 Å². The lowest BCUT2D eigenvalue weighted by molar-refractivity contribution is -0.191. The Labute approximate surface area is 235 Å². The summed E-state index contributed by atoms with van der Waals surface area (Å²) in [6.45, 7) is 12.7. The number of thiazole rings is 1. The molecule has 6 nitrogen and oxygen atoms in total. The summed E-state index contributed by atoms with van der Waals surface area (Å²) >= 11 is 16.0. The fourth-order valence-corrected chi connectivity index (χ4v) is 6.61. The van der Waals surface area contributed by atoms with Gasteiger partial charge in [0.2, 0.25) is 5.13 Å². The minimum absolute atomic E-state index is 0.250. The molecule has 1 atom stereocenters. The lowest BCUT2D eigenvalue weighted by atomic mass is 10.0. The highest BCUT2D eigenvalue weighted by Crippen LogP contribution is 2.42. The number of benzene rings is 1. The first-order valence-electron chi connectivity index (χ1n) is 11.7. The molecule has 3 aromatic heterocycles. The van der Waals surface area contributed by atoms with Gasteiger partial charge in [-0.25, -0.2) is 9.67 Å². The van der Waals surface area contributed by atoms with E-state index in [1.807, 2.05) is 41.6 Å². The highest BCUT2D eigenvalue weighted by atomic mass is 35.5. The van der Waals surface area contributed by atoms with Crippen LogP contribution in [0.15, 0.2) is 34.5 Å². The van der Waals surface area contributed by atoms with Gasteiger partial charge in [0.1, 0.15) is 0 Å². The number of aryl methyl sites for hydroxylation is 3. The van der Waals surface area contributed by atoms with Crippen molar-refractivity contribution in [2.24, 2.45) is 0 Å². The molecule has 0 radical (unpaired) electrons. The number of rotatable bonds is 7. The lowest BCUT2D eigenvalue weighted by Crippen LogP contribution is -2.00. The Bertz CT molecular complexity index is 1440. The molecule has 0 aliphatic rings. The summed E-state index contributed by atoms with van der Waals surface area (Å²) in [6.07, 6.45) is 2.13. The summed E-state index contributed by atoms with van der Waals surface area (Å²) in [7, 11) is 0. The zero-order valence-electron chi connectivity index (χ0n) is 21.6. The van der Waals surface area contributed by atoms with Crippen LogP contribution in [0.25, 0.3) is 16.4 Å². The Balaban J connectivity index is 0.00000121. The first-order valence-corrected chi connectivity index (χ1v) is 14.2. The summed E-state index contributed by atoms with van der Waals surface area (Å²) in [5.41, 5.74) is 8.55. The number of hydrogen-bond acceptors (Lipinski definition) is 7. The molecule has 3 heterocycles. The molecule has 1 aromatic carbocycles. The Kier molecular flexibility index (Phi) is 10.1. The Morgan fingerprint density at radius 3 is 2.35 bits per heavy atom. The molecule has 4 aromatic rings. The topological polar surface area (TPSA) is 77.7 Å². The van der Waals surface area contributed by atoms with E-state index in [0.29, 0.717) is 15.3 Å². The van der Waals surface area contributed by atoms with Crippen LogP contribution in [0.1, 0.15) is 54.2 Å². The summed E-state index contributed by atoms with van der Waals surface area (Å²) in [5, 5.41) is 7.30. The minimum Gasteiger partial charge on any atom is -0.258 e. The normalized spacial score (nSPS) is 11.6. The van der Waals surface area contributed by atoms with Gasteiger partial charge in [-0.15, -0.1) is 11.8 Å². The van der Waals surface area contributed by atoms with Crippen LogP contribution in [-0.4, -0.2) is 31.1 Å². The number of hydrogen-bond donors (Lipinski definition) is 0. The maximum atomic E-state index is 8.12. The van der Waals surface area contributed by atoms with Gasteiger partial charge in [0.15, 0.2) is 0 Å². The van der Waals surface area contributed by atoms with E-state index in [0.717, 1.165) is 56.2 Å². The van der Waals surface area contributed by atoms with Gasteiger partial charge in [-0.3, -0.25) is 4.98 Å². The molecule has 0 fully saturated rings. The molecule has 0 aliphatic heterocycles. The Morgan fingerprint density at radius 1 is 1.03 bits per heavy atom. The lowest BCUT2D eigenvalue weighted by Gasteiger charge is -2.08. The molecule has 0 bridgehead atoms. The maximum Gasteiger partial charge on any atom is 0.373 e. The third-order valence-electron chi connectivity index (χ3n) is 5.99. The zero-order valence-corrected chi connectivity index (χ0v) is 24.7. The molecule has 0 aliphatic carbocycles. The number of nitrogens with zero attached hydrogens (tertiary/aromatic N) is 4. The predicted octanol–water partition coefficient (Wildman–Crippen LogP) is 7.83. The van der Waals surface area contributed by atoms with Gasteiger partial charge in [0.25, 0.3) is 0 Å². The second-order valence-corrected chi connectivity index (χ2v) is 12.1. The highest BCUT2D eigenvalue weighted by molar-refractivity contribution is 8.01. The molecule has 0 amide bonds. The SMILES string of the molecule is CCC(C)Sc1sc(-n2nc(C)c(Cc3ccc(C)nc3C)c2C)nc1-c1ccc(Cl)c(Cl)c1.O=C=O. The van der Waals surface area contributed by atoms with Gasteiger partial charge in [0.05, 0.1) is 25.6 Å². The van der Waals surface area contributed by atoms with E-state index in [1.165, 1.54) is 11.1 Å². The van der Waals surface area contributed by atoms with E-state index >= 15 is 0 Å². The number of carbonyl (C=O) groups excluding carboxylic acids is 2. The molecule has 194 valence electrons. The van der Waals surface area contributed by atoms with E-state index in [1.54, 1.807) is 11.3 Å². The van der Waals surface area contributed by atoms with Crippen LogP contribution in [-0.2, 0) is 16.0 Å². The molecule has 10 heteroatoms. The summed E-state index contributed by atoms with van der Waals surface area (Å²) < 4.78 is 3.14. The highest BCUT2D eigenvalue weighted by Gasteiger charge is 2.21. The monoisotopic (exact) mass is 574 g/mol. The van der Waals surface area contributed by atoms with E-state index in [4.69, 9.17) is 42.9 Å². The van der Waals surface area contributed by atoms with Crippen LogP contribution in [0, 0.1) is 27.7 Å². The molecule has 4 rings (SSSR count). The Morgan fingerprint density at radius 2 is 1.73 bits per heavy atom.